The molecule has 0 saturated heterocycles. The minimum Gasteiger partial charge on any atom is -0.0616 e. The maximum Gasteiger partial charge on any atom is 0.0410 e. The van der Waals surface area contributed by atoms with E-state index in [1.54, 1.807) is 0 Å². The van der Waals surface area contributed by atoms with E-state index in [1.165, 1.54) is 32.3 Å². The fourth-order valence-corrected chi connectivity index (χ4v) is 4.13. The fraction of sp³-hybridized carbons (Fsp3) is 0. The first-order chi connectivity index (χ1) is 8.16. The van der Waals surface area contributed by atoms with Crippen LogP contribution in [-0.4, -0.2) is 0 Å². The minimum atomic E-state index is 1.20. The van der Waals surface area contributed by atoms with Gasteiger partial charge in [0.1, 0.15) is 0 Å². The molecule has 0 aromatic heterocycles. The molecule has 0 unspecified atom stereocenters. The molecule has 1 radical (unpaired) electrons. The van der Waals surface area contributed by atoms with Crippen LogP contribution in [0.4, 0.5) is 0 Å². The molecule has 0 aliphatic rings. The molecule has 0 N–H and O–H groups in total. The standard InChI is InChI=1S/C14H6I3/c15-12-7-10-5-8-3-1-2-4-9(8)6-11(10)13(16)14(12)17/h1-6H. The SMILES string of the molecule is Ic1[c]c2cc3ccccc3cc2c(I)c1I. The van der Waals surface area contributed by atoms with Crippen LogP contribution in [0, 0.1) is 16.8 Å². The third kappa shape index (κ3) is 2.18. The lowest BCUT2D eigenvalue weighted by Gasteiger charge is -2.07. The highest BCUT2D eigenvalue weighted by molar-refractivity contribution is 14.1. The molecule has 0 nitrogen and oxygen atoms in total. The molecule has 17 heavy (non-hydrogen) atoms. The largest absolute Gasteiger partial charge is 0.0616 e. The van der Waals surface area contributed by atoms with E-state index in [2.05, 4.69) is 110 Å². The Morgan fingerprint density at radius 2 is 1.47 bits per heavy atom. The lowest BCUT2D eigenvalue weighted by Crippen LogP contribution is -1.89. The Bertz CT molecular complexity index is 732. The Morgan fingerprint density at radius 1 is 0.824 bits per heavy atom. The first kappa shape index (κ1) is 12.4. The van der Waals surface area contributed by atoms with Crippen molar-refractivity contribution in [3.05, 3.63) is 53.2 Å². The molecule has 0 aliphatic heterocycles. The van der Waals surface area contributed by atoms with Crippen LogP contribution in [0.15, 0.2) is 36.4 Å². The molecular weight excluding hydrogens is 549 g/mol. The predicted octanol–water partition coefficient (Wildman–Crippen LogP) is 5.61. The molecular formula is C14H6I3. The molecule has 0 heterocycles. The van der Waals surface area contributed by atoms with Crippen LogP contribution >= 0.6 is 67.8 Å². The second-order valence-electron chi connectivity index (χ2n) is 3.81. The average Bonchev–Trinajstić information content (AvgIpc) is 2.34. The molecule has 3 aromatic carbocycles. The van der Waals surface area contributed by atoms with Gasteiger partial charge in [0.05, 0.1) is 0 Å². The number of hydrogen-bond donors (Lipinski definition) is 0. The van der Waals surface area contributed by atoms with E-state index in [-0.39, 0.29) is 0 Å². The van der Waals surface area contributed by atoms with Crippen molar-refractivity contribution >= 4 is 89.3 Å². The third-order valence-electron chi connectivity index (χ3n) is 2.75. The van der Waals surface area contributed by atoms with Gasteiger partial charge in [0.15, 0.2) is 0 Å². The summed E-state index contributed by atoms with van der Waals surface area (Å²) in [6.07, 6.45) is 0. The normalized spacial score (nSPS) is 11.2. The Kier molecular flexibility index (Phi) is 3.51. The van der Waals surface area contributed by atoms with Crippen molar-refractivity contribution in [1.82, 2.24) is 0 Å². The Balaban J connectivity index is 2.52. The van der Waals surface area contributed by atoms with Gasteiger partial charge >= 0.3 is 0 Å². The molecule has 0 atom stereocenters. The first-order valence-corrected chi connectivity index (χ1v) is 8.29. The molecule has 0 amide bonds. The van der Waals surface area contributed by atoms with Crippen LogP contribution in [0.3, 0.4) is 0 Å². The zero-order valence-corrected chi connectivity index (χ0v) is 15.1. The van der Waals surface area contributed by atoms with Gasteiger partial charge < -0.3 is 0 Å². The number of hydrogen-bond acceptors (Lipinski definition) is 0. The number of fused-ring (bicyclic) bond motifs is 2. The monoisotopic (exact) mass is 555 g/mol. The van der Waals surface area contributed by atoms with Gasteiger partial charge in [-0.2, -0.15) is 0 Å². The summed E-state index contributed by atoms with van der Waals surface area (Å²) < 4.78 is 3.83. The molecule has 0 bridgehead atoms. The number of benzene rings is 3. The van der Waals surface area contributed by atoms with Crippen molar-refractivity contribution < 1.29 is 0 Å². The van der Waals surface area contributed by atoms with E-state index < -0.39 is 0 Å². The second kappa shape index (κ2) is 4.80. The van der Waals surface area contributed by atoms with E-state index >= 15 is 0 Å². The van der Waals surface area contributed by atoms with Crippen molar-refractivity contribution in [3.8, 4) is 0 Å². The zero-order chi connectivity index (χ0) is 12.0. The number of halogens is 3. The van der Waals surface area contributed by atoms with Crippen LogP contribution in [0.5, 0.6) is 0 Å². The van der Waals surface area contributed by atoms with Gasteiger partial charge in [-0.15, -0.1) is 0 Å². The Labute approximate surface area is 141 Å². The Hall–Kier alpha value is 0.370. The second-order valence-corrected chi connectivity index (χ2v) is 7.05. The molecule has 83 valence electrons. The van der Waals surface area contributed by atoms with Crippen molar-refractivity contribution in [2.75, 3.05) is 0 Å². The summed E-state index contributed by atoms with van der Waals surface area (Å²) in [7, 11) is 0. The minimum absolute atomic E-state index is 1.20. The summed E-state index contributed by atoms with van der Waals surface area (Å²) in [6, 6.07) is 16.4. The highest BCUT2D eigenvalue weighted by Crippen LogP contribution is 2.31. The maximum absolute atomic E-state index is 3.47. The zero-order valence-electron chi connectivity index (χ0n) is 8.60. The molecule has 0 aliphatic carbocycles. The van der Waals surface area contributed by atoms with Gasteiger partial charge in [0.2, 0.25) is 0 Å². The van der Waals surface area contributed by atoms with Crippen LogP contribution < -0.4 is 0 Å². The van der Waals surface area contributed by atoms with Gasteiger partial charge in [-0.1, -0.05) is 24.3 Å². The number of rotatable bonds is 0. The maximum atomic E-state index is 3.47. The molecule has 3 aromatic rings. The van der Waals surface area contributed by atoms with Crippen LogP contribution in [-0.2, 0) is 0 Å². The van der Waals surface area contributed by atoms with Gasteiger partial charge in [-0.25, -0.2) is 0 Å². The molecule has 0 spiro atoms. The van der Waals surface area contributed by atoms with Crippen molar-refractivity contribution in [2.24, 2.45) is 0 Å². The lowest BCUT2D eigenvalue weighted by molar-refractivity contribution is 1.58. The lowest BCUT2D eigenvalue weighted by atomic mass is 10.0. The summed E-state index contributed by atoms with van der Waals surface area (Å²) in [5.41, 5.74) is 0. The van der Waals surface area contributed by atoms with Crippen LogP contribution in [0.2, 0.25) is 0 Å². The third-order valence-corrected chi connectivity index (χ3v) is 7.82. The van der Waals surface area contributed by atoms with E-state index in [1.807, 2.05) is 0 Å². The fourth-order valence-electron chi connectivity index (χ4n) is 1.91. The topological polar surface area (TPSA) is 0 Å². The quantitative estimate of drug-likeness (QED) is 0.193. The van der Waals surface area contributed by atoms with Gasteiger partial charge in [0, 0.05) is 16.8 Å². The van der Waals surface area contributed by atoms with E-state index in [0.29, 0.717) is 0 Å². The van der Waals surface area contributed by atoms with E-state index in [0.717, 1.165) is 0 Å². The summed E-state index contributed by atoms with van der Waals surface area (Å²) >= 11 is 7.18. The summed E-state index contributed by atoms with van der Waals surface area (Å²) in [6.45, 7) is 0. The molecule has 3 rings (SSSR count). The van der Waals surface area contributed by atoms with E-state index in [4.69, 9.17) is 0 Å². The average molecular weight is 555 g/mol. The van der Waals surface area contributed by atoms with Gasteiger partial charge in [-0.05, 0) is 101 Å². The van der Waals surface area contributed by atoms with Gasteiger partial charge in [-0.3, -0.25) is 0 Å². The van der Waals surface area contributed by atoms with Crippen LogP contribution in [0.1, 0.15) is 0 Å². The van der Waals surface area contributed by atoms with E-state index in [9.17, 15) is 0 Å². The highest BCUT2D eigenvalue weighted by Gasteiger charge is 2.08. The summed E-state index contributed by atoms with van der Waals surface area (Å²) in [4.78, 5) is 0. The Morgan fingerprint density at radius 3 is 2.18 bits per heavy atom. The first-order valence-electron chi connectivity index (χ1n) is 5.05. The van der Waals surface area contributed by atoms with Crippen molar-refractivity contribution in [1.29, 1.82) is 0 Å². The predicted molar refractivity (Wildman–Crippen MR) is 98.4 cm³/mol. The molecule has 3 heteroatoms. The molecule has 0 fully saturated rings. The van der Waals surface area contributed by atoms with Crippen LogP contribution in [0.25, 0.3) is 21.5 Å². The van der Waals surface area contributed by atoms with Gasteiger partial charge in [0.25, 0.3) is 0 Å². The van der Waals surface area contributed by atoms with Crippen molar-refractivity contribution in [3.63, 3.8) is 0 Å². The van der Waals surface area contributed by atoms with Crippen molar-refractivity contribution in [2.45, 2.75) is 0 Å². The highest BCUT2D eigenvalue weighted by atomic mass is 127. The summed E-state index contributed by atoms with van der Waals surface area (Å²) in [5.74, 6) is 0. The smallest absolute Gasteiger partial charge is 0.0410 e. The summed E-state index contributed by atoms with van der Waals surface area (Å²) in [5, 5.41) is 5.08. The molecule has 0 saturated carbocycles.